The van der Waals surface area contributed by atoms with E-state index in [2.05, 4.69) is 32.5 Å². The van der Waals surface area contributed by atoms with Crippen LogP contribution in [0.3, 0.4) is 0 Å². The van der Waals surface area contributed by atoms with E-state index in [9.17, 15) is 0 Å². The molecule has 0 amide bonds. The molecule has 0 radical (unpaired) electrons. The maximum absolute atomic E-state index is 5.03. The first kappa shape index (κ1) is 15.9. The van der Waals surface area contributed by atoms with Crippen molar-refractivity contribution in [2.45, 2.75) is 52.4 Å². The lowest BCUT2D eigenvalue weighted by Crippen LogP contribution is -2.09. The van der Waals surface area contributed by atoms with Gasteiger partial charge in [-0.25, -0.2) is 0 Å². The van der Waals surface area contributed by atoms with Crippen molar-refractivity contribution < 1.29 is 0 Å². The van der Waals surface area contributed by atoms with E-state index in [4.69, 9.17) is 12.2 Å². The first-order valence-electron chi connectivity index (χ1n) is 7.22. The maximum atomic E-state index is 5.03. The van der Waals surface area contributed by atoms with Crippen LogP contribution in [0, 0.1) is 4.77 Å². The fourth-order valence-electron chi connectivity index (χ4n) is 1.83. The Morgan fingerprint density at radius 1 is 0.947 bits per heavy atom. The van der Waals surface area contributed by atoms with Crippen LogP contribution in [0.1, 0.15) is 52.4 Å². The average Bonchev–Trinajstić information content (AvgIpc) is 2.37. The van der Waals surface area contributed by atoms with Crippen molar-refractivity contribution in [3.05, 3.63) is 4.77 Å². The molecule has 1 rings (SSSR count). The molecule has 0 aliphatic rings. The van der Waals surface area contributed by atoms with Crippen LogP contribution >= 0.6 is 12.2 Å². The number of rotatable bonds is 10. The van der Waals surface area contributed by atoms with E-state index < -0.39 is 0 Å². The minimum Gasteiger partial charge on any atom is -0.356 e. The second kappa shape index (κ2) is 9.72. The molecule has 0 spiro atoms. The fourth-order valence-corrected chi connectivity index (χ4v) is 2.01. The number of H-pyrrole nitrogens is 1. The largest absolute Gasteiger partial charge is 0.356 e. The summed E-state index contributed by atoms with van der Waals surface area (Å²) in [6, 6.07) is 0. The minimum atomic E-state index is 0.361. The molecular weight excluding hydrogens is 258 g/mol. The molecule has 0 aromatic carbocycles. The van der Waals surface area contributed by atoms with Gasteiger partial charge < -0.3 is 10.6 Å². The second-order valence-corrected chi connectivity index (χ2v) is 4.92. The van der Waals surface area contributed by atoms with Crippen LogP contribution in [-0.2, 0) is 0 Å². The number of aromatic amines is 1. The van der Waals surface area contributed by atoms with Crippen molar-refractivity contribution in [2.24, 2.45) is 0 Å². The van der Waals surface area contributed by atoms with Crippen molar-refractivity contribution in [3.8, 4) is 0 Å². The summed E-state index contributed by atoms with van der Waals surface area (Å²) >= 11 is 5.03. The predicted octanol–water partition coefficient (Wildman–Crippen LogP) is 3.74. The Hall–Kier alpha value is -1.17. The normalized spacial score (nSPS) is 10.4. The molecular formula is C13H25N5S. The van der Waals surface area contributed by atoms with Crippen molar-refractivity contribution in [1.82, 2.24) is 15.0 Å². The van der Waals surface area contributed by atoms with Gasteiger partial charge in [0, 0.05) is 13.1 Å². The molecule has 0 fully saturated rings. The van der Waals surface area contributed by atoms with Gasteiger partial charge in [-0.3, -0.25) is 4.98 Å². The van der Waals surface area contributed by atoms with Crippen LogP contribution in [0.5, 0.6) is 0 Å². The van der Waals surface area contributed by atoms with Crippen LogP contribution < -0.4 is 10.6 Å². The molecule has 0 unspecified atom stereocenters. The molecule has 108 valence electrons. The zero-order valence-corrected chi connectivity index (χ0v) is 12.8. The fraction of sp³-hybridized carbons (Fsp3) is 0.769. The summed E-state index contributed by atoms with van der Waals surface area (Å²) in [5.74, 6) is 1.37. The van der Waals surface area contributed by atoms with Gasteiger partial charge in [-0.2, -0.15) is 9.97 Å². The maximum Gasteiger partial charge on any atom is 0.225 e. The van der Waals surface area contributed by atoms with E-state index in [0.29, 0.717) is 16.7 Å². The SMILES string of the molecule is CCCCCCCCNc1nc(=S)nc(NCC)[nH]1. The van der Waals surface area contributed by atoms with Crippen molar-refractivity contribution >= 4 is 24.1 Å². The van der Waals surface area contributed by atoms with Gasteiger partial charge in [0.05, 0.1) is 0 Å². The zero-order valence-electron chi connectivity index (χ0n) is 12.0. The Kier molecular flexibility index (Phi) is 8.13. The van der Waals surface area contributed by atoms with Gasteiger partial charge in [-0.1, -0.05) is 39.0 Å². The number of hydrogen-bond acceptors (Lipinski definition) is 5. The lowest BCUT2D eigenvalue weighted by molar-refractivity contribution is 0.616. The van der Waals surface area contributed by atoms with Crippen LogP contribution in [0.4, 0.5) is 11.9 Å². The van der Waals surface area contributed by atoms with E-state index >= 15 is 0 Å². The number of aromatic nitrogens is 3. The molecule has 1 aromatic heterocycles. The first-order valence-corrected chi connectivity index (χ1v) is 7.63. The summed E-state index contributed by atoms with van der Waals surface area (Å²) in [4.78, 5) is 11.3. The molecule has 0 saturated heterocycles. The topological polar surface area (TPSA) is 65.6 Å². The zero-order chi connectivity index (χ0) is 13.9. The van der Waals surface area contributed by atoms with Crippen LogP contribution in [0.25, 0.3) is 0 Å². The molecule has 0 bridgehead atoms. The van der Waals surface area contributed by atoms with Crippen LogP contribution in [0.2, 0.25) is 0 Å². The summed E-state index contributed by atoms with van der Waals surface area (Å²) in [6.07, 6.45) is 7.72. The predicted molar refractivity (Wildman–Crippen MR) is 83.2 cm³/mol. The average molecular weight is 283 g/mol. The monoisotopic (exact) mass is 283 g/mol. The Bertz CT molecular complexity index is 404. The van der Waals surface area contributed by atoms with Gasteiger partial charge in [0.25, 0.3) is 0 Å². The third-order valence-electron chi connectivity index (χ3n) is 2.82. The highest BCUT2D eigenvalue weighted by molar-refractivity contribution is 7.71. The van der Waals surface area contributed by atoms with E-state index in [-0.39, 0.29) is 0 Å². The Labute approximate surface area is 120 Å². The molecule has 5 nitrogen and oxygen atoms in total. The van der Waals surface area contributed by atoms with Crippen molar-refractivity contribution in [1.29, 1.82) is 0 Å². The highest BCUT2D eigenvalue weighted by Gasteiger charge is 1.98. The molecule has 0 aliphatic heterocycles. The standard InChI is InChI=1S/C13H25N5S/c1-3-5-6-7-8-9-10-15-12-16-11(14-4-2)17-13(19)18-12/h3-10H2,1-2H3,(H3,14,15,16,17,18,19). The number of anilines is 2. The van der Waals surface area contributed by atoms with Crippen LogP contribution in [0.15, 0.2) is 0 Å². The van der Waals surface area contributed by atoms with Gasteiger partial charge in [0.2, 0.25) is 16.7 Å². The number of hydrogen-bond donors (Lipinski definition) is 3. The molecule has 1 aromatic rings. The van der Waals surface area contributed by atoms with E-state index in [1.54, 1.807) is 0 Å². The highest BCUT2D eigenvalue weighted by atomic mass is 32.1. The summed E-state index contributed by atoms with van der Waals surface area (Å²) in [5, 5.41) is 6.36. The van der Waals surface area contributed by atoms with Crippen LogP contribution in [-0.4, -0.2) is 28.0 Å². The van der Waals surface area contributed by atoms with E-state index in [1.807, 2.05) is 6.92 Å². The summed E-state index contributed by atoms with van der Waals surface area (Å²) in [6.45, 7) is 5.97. The van der Waals surface area contributed by atoms with E-state index in [1.165, 1.54) is 32.1 Å². The summed E-state index contributed by atoms with van der Waals surface area (Å²) in [5.41, 5.74) is 0. The molecule has 1 heterocycles. The van der Waals surface area contributed by atoms with E-state index in [0.717, 1.165) is 19.5 Å². The van der Waals surface area contributed by atoms with Gasteiger partial charge in [0.15, 0.2) is 0 Å². The highest BCUT2D eigenvalue weighted by Crippen LogP contribution is 2.06. The Balaban J connectivity index is 2.27. The van der Waals surface area contributed by atoms with Gasteiger partial charge in [0.1, 0.15) is 0 Å². The quantitative estimate of drug-likeness (QED) is 0.451. The Morgan fingerprint density at radius 3 is 2.26 bits per heavy atom. The smallest absolute Gasteiger partial charge is 0.225 e. The minimum absolute atomic E-state index is 0.361. The second-order valence-electron chi connectivity index (χ2n) is 4.55. The van der Waals surface area contributed by atoms with Gasteiger partial charge in [-0.15, -0.1) is 0 Å². The third-order valence-corrected chi connectivity index (χ3v) is 3.00. The van der Waals surface area contributed by atoms with Gasteiger partial charge >= 0.3 is 0 Å². The van der Waals surface area contributed by atoms with Crippen molar-refractivity contribution in [3.63, 3.8) is 0 Å². The Morgan fingerprint density at radius 2 is 1.58 bits per heavy atom. The molecule has 6 heteroatoms. The first-order chi connectivity index (χ1) is 9.26. The summed E-state index contributed by atoms with van der Waals surface area (Å²) in [7, 11) is 0. The lowest BCUT2D eigenvalue weighted by Gasteiger charge is -2.08. The van der Waals surface area contributed by atoms with Crippen molar-refractivity contribution in [2.75, 3.05) is 23.7 Å². The molecule has 0 saturated carbocycles. The number of nitrogens with zero attached hydrogens (tertiary/aromatic N) is 2. The summed E-state index contributed by atoms with van der Waals surface area (Å²) < 4.78 is 0.361. The lowest BCUT2D eigenvalue weighted by atomic mass is 10.1. The van der Waals surface area contributed by atoms with Gasteiger partial charge in [-0.05, 0) is 25.6 Å². The number of nitrogens with one attached hydrogen (secondary N) is 3. The number of unbranched alkanes of at least 4 members (excludes halogenated alkanes) is 5. The molecule has 3 N–H and O–H groups in total. The molecule has 0 aliphatic carbocycles. The molecule has 0 atom stereocenters. The molecule has 19 heavy (non-hydrogen) atoms. The third kappa shape index (κ3) is 7.10.